The Balaban J connectivity index is 1.69. The largest absolute Gasteiger partial charge is 0.507 e. The number of Topliss-reactive ketones (excluding diaryl/α,β-unsaturated/α-hetero) is 1. The minimum atomic E-state index is -0.777. The number of carbonyl (C=O) groups excluding carboxylic acids is 2. The molecule has 1 fully saturated rings. The highest BCUT2D eigenvalue weighted by Crippen LogP contribution is 2.42. The predicted octanol–water partition coefficient (Wildman–Crippen LogP) is 5.05. The summed E-state index contributed by atoms with van der Waals surface area (Å²) < 4.78 is 17.1. The maximum absolute atomic E-state index is 13.4. The van der Waals surface area contributed by atoms with E-state index in [1.807, 2.05) is 56.3 Å². The normalized spacial score (nSPS) is 16.4. The monoisotopic (exact) mass is 544 g/mol. The number of benzene rings is 3. The zero-order chi connectivity index (χ0) is 28.6. The summed E-state index contributed by atoms with van der Waals surface area (Å²) in [5.41, 5.74) is 2.14. The van der Waals surface area contributed by atoms with Crippen LogP contribution in [0.1, 0.15) is 36.1 Å². The van der Waals surface area contributed by atoms with Gasteiger partial charge in [-0.2, -0.15) is 0 Å². The molecule has 210 valence electrons. The quantitative estimate of drug-likeness (QED) is 0.194. The van der Waals surface area contributed by atoms with Gasteiger partial charge in [0.1, 0.15) is 18.1 Å². The summed E-state index contributed by atoms with van der Waals surface area (Å²) in [6, 6.07) is 21.2. The van der Waals surface area contributed by atoms with E-state index in [9.17, 15) is 14.7 Å². The fraction of sp³-hybridized carbons (Fsp3) is 0.312. The van der Waals surface area contributed by atoms with E-state index in [4.69, 9.17) is 14.2 Å². The average Bonchev–Trinajstić information content (AvgIpc) is 3.22. The zero-order valence-electron chi connectivity index (χ0n) is 23.4. The van der Waals surface area contributed by atoms with Crippen molar-refractivity contribution in [3.63, 3.8) is 0 Å². The molecule has 1 aliphatic rings. The van der Waals surface area contributed by atoms with E-state index in [0.29, 0.717) is 54.6 Å². The summed E-state index contributed by atoms with van der Waals surface area (Å²) in [6.45, 7) is 3.84. The van der Waals surface area contributed by atoms with Gasteiger partial charge in [-0.15, -0.1) is 0 Å². The number of nitrogens with zero attached hydrogens (tertiary/aromatic N) is 2. The number of rotatable bonds is 12. The average molecular weight is 545 g/mol. The maximum Gasteiger partial charge on any atom is 0.295 e. The Morgan fingerprint density at radius 1 is 0.950 bits per heavy atom. The topological polar surface area (TPSA) is 88.5 Å². The van der Waals surface area contributed by atoms with E-state index in [1.165, 1.54) is 12.0 Å². The SMILES string of the molecule is CCOc1ccc(C2/C(=C(\O)c3ccc(OCc4ccccc4)cc3)C(=O)C(=O)N2CCCN(C)C)cc1OC. The summed E-state index contributed by atoms with van der Waals surface area (Å²) in [6.07, 6.45) is 0.665. The van der Waals surface area contributed by atoms with Crippen LogP contribution in [0.4, 0.5) is 0 Å². The Morgan fingerprint density at radius 2 is 1.68 bits per heavy atom. The molecule has 0 aromatic heterocycles. The third-order valence-corrected chi connectivity index (χ3v) is 6.72. The van der Waals surface area contributed by atoms with Crippen molar-refractivity contribution in [1.29, 1.82) is 0 Å². The van der Waals surface area contributed by atoms with Crippen molar-refractivity contribution < 1.29 is 28.9 Å². The van der Waals surface area contributed by atoms with Gasteiger partial charge in [0.2, 0.25) is 0 Å². The Labute approximate surface area is 235 Å². The molecule has 1 saturated heterocycles. The van der Waals surface area contributed by atoms with Crippen LogP contribution in [0.2, 0.25) is 0 Å². The Morgan fingerprint density at radius 3 is 2.33 bits per heavy atom. The molecule has 3 aromatic rings. The summed E-state index contributed by atoms with van der Waals surface area (Å²) in [5.74, 6) is 0.0754. The molecule has 0 radical (unpaired) electrons. The predicted molar refractivity (Wildman–Crippen MR) is 154 cm³/mol. The first-order valence-corrected chi connectivity index (χ1v) is 13.3. The van der Waals surface area contributed by atoms with Gasteiger partial charge in [0, 0.05) is 12.1 Å². The molecule has 8 heteroatoms. The molecule has 0 spiro atoms. The first kappa shape index (κ1) is 28.7. The highest BCUT2D eigenvalue weighted by molar-refractivity contribution is 6.46. The molecule has 8 nitrogen and oxygen atoms in total. The van der Waals surface area contributed by atoms with Crippen LogP contribution in [0.5, 0.6) is 17.2 Å². The molecule has 0 saturated carbocycles. The van der Waals surface area contributed by atoms with Crippen molar-refractivity contribution in [2.75, 3.05) is 40.9 Å². The number of carbonyl (C=O) groups is 2. The Hall–Kier alpha value is -4.30. The van der Waals surface area contributed by atoms with E-state index in [1.54, 1.807) is 42.5 Å². The van der Waals surface area contributed by atoms with Gasteiger partial charge in [0.05, 0.1) is 25.3 Å². The molecule has 1 aliphatic heterocycles. The first-order chi connectivity index (χ1) is 19.3. The number of likely N-dealkylation sites (tertiary alicyclic amines) is 1. The molecule has 1 atom stereocenters. The van der Waals surface area contributed by atoms with Crippen LogP contribution in [0.3, 0.4) is 0 Å². The van der Waals surface area contributed by atoms with Crippen LogP contribution in [-0.2, 0) is 16.2 Å². The molecule has 0 bridgehead atoms. The molecular formula is C32H36N2O6. The molecular weight excluding hydrogens is 508 g/mol. The van der Waals surface area contributed by atoms with E-state index in [0.717, 1.165) is 12.1 Å². The van der Waals surface area contributed by atoms with Crippen molar-refractivity contribution in [3.05, 3.63) is 95.1 Å². The smallest absolute Gasteiger partial charge is 0.295 e. The number of hydrogen-bond acceptors (Lipinski definition) is 7. The number of hydrogen-bond donors (Lipinski definition) is 1. The number of ketones is 1. The second kappa shape index (κ2) is 13.2. The molecule has 3 aromatic carbocycles. The van der Waals surface area contributed by atoms with Crippen LogP contribution in [0, 0.1) is 0 Å². The van der Waals surface area contributed by atoms with Crippen molar-refractivity contribution >= 4 is 17.4 Å². The number of ether oxygens (including phenoxy) is 3. The zero-order valence-corrected chi connectivity index (χ0v) is 23.4. The lowest BCUT2D eigenvalue weighted by Crippen LogP contribution is -2.32. The third-order valence-electron chi connectivity index (χ3n) is 6.72. The van der Waals surface area contributed by atoms with E-state index in [-0.39, 0.29) is 11.3 Å². The maximum atomic E-state index is 13.4. The minimum Gasteiger partial charge on any atom is -0.507 e. The lowest BCUT2D eigenvalue weighted by atomic mass is 9.95. The summed E-state index contributed by atoms with van der Waals surface area (Å²) in [7, 11) is 5.45. The lowest BCUT2D eigenvalue weighted by Gasteiger charge is -2.26. The molecule has 1 N–H and O–H groups in total. The first-order valence-electron chi connectivity index (χ1n) is 13.3. The molecule has 0 aliphatic carbocycles. The van der Waals surface area contributed by atoms with Crippen molar-refractivity contribution in [2.24, 2.45) is 0 Å². The lowest BCUT2D eigenvalue weighted by molar-refractivity contribution is -0.139. The Bertz CT molecular complexity index is 1350. The van der Waals surface area contributed by atoms with Crippen LogP contribution in [-0.4, -0.2) is 67.5 Å². The fourth-order valence-electron chi connectivity index (χ4n) is 4.75. The van der Waals surface area contributed by atoms with Gasteiger partial charge in [0.15, 0.2) is 11.5 Å². The van der Waals surface area contributed by atoms with Crippen LogP contribution < -0.4 is 14.2 Å². The minimum absolute atomic E-state index is 0.0408. The number of aliphatic hydroxyl groups excluding tert-OH is 1. The van der Waals surface area contributed by atoms with Gasteiger partial charge in [-0.25, -0.2) is 0 Å². The highest BCUT2D eigenvalue weighted by Gasteiger charge is 2.46. The molecule has 1 unspecified atom stereocenters. The van der Waals surface area contributed by atoms with Gasteiger partial charge < -0.3 is 29.1 Å². The number of aliphatic hydroxyl groups is 1. The summed E-state index contributed by atoms with van der Waals surface area (Å²) in [5, 5.41) is 11.4. The van der Waals surface area contributed by atoms with E-state index in [2.05, 4.69) is 0 Å². The van der Waals surface area contributed by atoms with Gasteiger partial charge in [-0.3, -0.25) is 9.59 Å². The van der Waals surface area contributed by atoms with Crippen LogP contribution >= 0.6 is 0 Å². The van der Waals surface area contributed by atoms with Gasteiger partial charge >= 0.3 is 0 Å². The number of methoxy groups -OCH3 is 1. The summed E-state index contributed by atoms with van der Waals surface area (Å²) >= 11 is 0. The molecule has 1 heterocycles. The van der Waals surface area contributed by atoms with E-state index >= 15 is 0 Å². The fourth-order valence-corrected chi connectivity index (χ4v) is 4.75. The molecule has 40 heavy (non-hydrogen) atoms. The van der Waals surface area contributed by atoms with E-state index < -0.39 is 17.7 Å². The van der Waals surface area contributed by atoms with Crippen molar-refractivity contribution in [3.8, 4) is 17.2 Å². The highest BCUT2D eigenvalue weighted by atomic mass is 16.5. The molecule has 1 amide bonds. The van der Waals surface area contributed by atoms with Crippen molar-refractivity contribution in [1.82, 2.24) is 9.80 Å². The van der Waals surface area contributed by atoms with Gasteiger partial charge in [0.25, 0.3) is 11.7 Å². The molecule has 4 rings (SSSR count). The second-order valence-electron chi connectivity index (χ2n) is 9.79. The van der Waals surface area contributed by atoms with Crippen LogP contribution in [0.25, 0.3) is 5.76 Å². The Kier molecular flexibility index (Phi) is 9.45. The summed E-state index contributed by atoms with van der Waals surface area (Å²) in [4.78, 5) is 30.2. The third kappa shape index (κ3) is 6.46. The van der Waals surface area contributed by atoms with Crippen LogP contribution in [0.15, 0.2) is 78.4 Å². The standard InChI is InChI=1S/C32H36N2O6/c1-5-39-26-17-14-24(20-27(26)38-4)29-28(31(36)32(37)34(29)19-9-18-33(2)3)30(35)23-12-15-25(16-13-23)40-21-22-10-7-6-8-11-22/h6-8,10-17,20,29,35H,5,9,18-19,21H2,1-4H3/b30-28+. The second-order valence-corrected chi connectivity index (χ2v) is 9.79. The number of amides is 1. The van der Waals surface area contributed by atoms with Gasteiger partial charge in [-0.05, 0) is 81.5 Å². The van der Waals surface area contributed by atoms with Gasteiger partial charge in [-0.1, -0.05) is 36.4 Å². The van der Waals surface area contributed by atoms with Crippen molar-refractivity contribution in [2.45, 2.75) is 26.0 Å².